The van der Waals surface area contributed by atoms with Crippen LogP contribution in [-0.2, 0) is 20.1 Å². The standard InChI is InChI=1S/C10H15.C6H8S.2BF4.Ir/c1-6-7(2)9(4)10(5)8(6)3;1-5-3-4-6(2)7-5;2*2-1(3,4)5;/h1-5H3;3-4H,1-2H3;;;/q;;2*-1;+3. The predicted octanol–water partition coefficient (Wildman–Crippen LogP) is 7.93. The first-order valence-corrected chi connectivity index (χ1v) is 8.63. The van der Waals surface area contributed by atoms with Crippen LogP contribution >= 0.6 is 11.3 Å². The number of aryl methyl sites for hydroxylation is 2. The molecule has 0 aromatic carbocycles. The Morgan fingerprint density at radius 3 is 0.714 bits per heavy atom. The van der Waals surface area contributed by atoms with Gasteiger partial charge in [0.15, 0.2) is 0 Å². The maximum atomic E-state index is 9.75. The Hall–Kier alpha value is -0.0808. The minimum atomic E-state index is -6.00. The zero-order chi connectivity index (χ0) is 22.2. The summed E-state index contributed by atoms with van der Waals surface area (Å²) in [5, 5.41) is 0. The first-order chi connectivity index (χ1) is 11.8. The molecule has 0 aliphatic heterocycles. The Morgan fingerprint density at radius 2 is 0.643 bits per heavy atom. The Bertz CT molecular complexity index is 436. The van der Waals surface area contributed by atoms with E-state index in [-0.39, 0.29) is 20.1 Å². The van der Waals surface area contributed by atoms with E-state index in [1.807, 2.05) is 11.3 Å². The van der Waals surface area contributed by atoms with Crippen molar-refractivity contribution in [3.05, 3.63) is 51.5 Å². The van der Waals surface area contributed by atoms with Crippen molar-refractivity contribution in [2.75, 3.05) is 0 Å². The fourth-order valence-electron chi connectivity index (χ4n) is 1.96. The first-order valence-electron chi connectivity index (χ1n) is 7.81. The second kappa shape index (κ2) is 14.0. The van der Waals surface area contributed by atoms with Gasteiger partial charge < -0.3 is 34.5 Å². The summed E-state index contributed by atoms with van der Waals surface area (Å²) in [6.07, 6.45) is 0. The van der Waals surface area contributed by atoms with Crippen LogP contribution in [0.15, 0.2) is 12.1 Å². The van der Waals surface area contributed by atoms with Gasteiger partial charge in [0.2, 0.25) is 0 Å². The van der Waals surface area contributed by atoms with E-state index >= 15 is 0 Å². The zero-order valence-corrected chi connectivity index (χ0v) is 19.8. The van der Waals surface area contributed by atoms with Crippen LogP contribution in [0.4, 0.5) is 34.5 Å². The van der Waals surface area contributed by atoms with Crippen LogP contribution in [0.1, 0.15) is 44.4 Å². The summed E-state index contributed by atoms with van der Waals surface area (Å²) in [7, 11) is -12.0. The van der Waals surface area contributed by atoms with Gasteiger partial charge in [-0.25, -0.2) is 0 Å². The molecule has 0 amide bonds. The molecule has 1 saturated carbocycles. The summed E-state index contributed by atoms with van der Waals surface area (Å²) in [4.78, 5) is 2.80. The van der Waals surface area contributed by atoms with Crippen molar-refractivity contribution >= 4 is 25.8 Å². The van der Waals surface area contributed by atoms with Gasteiger partial charge >= 0.3 is 34.6 Å². The van der Waals surface area contributed by atoms with Crippen LogP contribution in [0.25, 0.3) is 0 Å². The second-order valence-electron chi connectivity index (χ2n) is 5.77. The largest absolute Gasteiger partial charge is 3.00 e. The minimum Gasteiger partial charge on any atom is -0.418 e. The average Bonchev–Trinajstić information content (AvgIpc) is 2.89. The molecular weight excluding hydrogens is 590 g/mol. The van der Waals surface area contributed by atoms with E-state index in [2.05, 4.69) is 60.6 Å². The normalized spacial score (nSPS) is 16.8. The van der Waals surface area contributed by atoms with Gasteiger partial charge in [0.05, 0.1) is 0 Å². The molecule has 1 aromatic heterocycles. The molecule has 5 radical (unpaired) electrons. The molecule has 163 valence electrons. The van der Waals surface area contributed by atoms with Crippen LogP contribution in [-0.4, -0.2) is 14.5 Å². The molecule has 0 nitrogen and oxygen atoms in total. The molecule has 0 spiro atoms. The smallest absolute Gasteiger partial charge is 0.418 e. The van der Waals surface area contributed by atoms with E-state index in [9.17, 15) is 34.5 Å². The summed E-state index contributed by atoms with van der Waals surface area (Å²) in [6.45, 7) is 15.2. The van der Waals surface area contributed by atoms with Gasteiger partial charge in [-0.3, -0.25) is 0 Å². The summed E-state index contributed by atoms with van der Waals surface area (Å²) < 4.78 is 78.0. The molecule has 2 rings (SSSR count). The average molecular weight is 613 g/mol. The molecular formula is C16H23B2F8IrS+. The maximum Gasteiger partial charge on any atom is 3.00 e. The second-order valence-corrected chi connectivity index (χ2v) is 7.26. The summed E-state index contributed by atoms with van der Waals surface area (Å²) in [5.41, 5.74) is 0. The van der Waals surface area contributed by atoms with E-state index < -0.39 is 14.5 Å². The van der Waals surface area contributed by atoms with Gasteiger partial charge in [-0.15, -0.1) is 11.3 Å². The van der Waals surface area contributed by atoms with Crippen molar-refractivity contribution < 1.29 is 54.6 Å². The number of rotatable bonds is 0. The molecule has 0 bridgehead atoms. The zero-order valence-electron chi connectivity index (χ0n) is 16.6. The molecule has 1 aromatic rings. The van der Waals surface area contributed by atoms with Gasteiger partial charge in [0.1, 0.15) is 0 Å². The van der Waals surface area contributed by atoms with Crippen molar-refractivity contribution in [2.45, 2.75) is 48.5 Å². The van der Waals surface area contributed by atoms with Crippen LogP contribution in [0.5, 0.6) is 0 Å². The van der Waals surface area contributed by atoms with E-state index in [4.69, 9.17) is 0 Å². The van der Waals surface area contributed by atoms with Crippen molar-refractivity contribution in [1.29, 1.82) is 0 Å². The van der Waals surface area contributed by atoms with E-state index in [0.29, 0.717) is 0 Å². The SMILES string of the molecule is C[C]1[C](C)[C](C)[C](C)[C]1C.Cc1ccc(C)s1.F[B-](F)(F)F.F[B-](F)(F)F.[Ir+3]. The van der Waals surface area contributed by atoms with Gasteiger partial charge in [0.25, 0.3) is 0 Å². The Kier molecular flexibility index (Phi) is 16.3. The predicted molar refractivity (Wildman–Crippen MR) is 98.8 cm³/mol. The number of thiophene rings is 1. The molecule has 0 atom stereocenters. The monoisotopic (exact) mass is 614 g/mol. The number of halogens is 8. The summed E-state index contributed by atoms with van der Waals surface area (Å²) in [6, 6.07) is 4.28. The minimum absolute atomic E-state index is 0. The van der Waals surface area contributed by atoms with Gasteiger partial charge in [0, 0.05) is 9.75 Å². The fraction of sp³-hybridized carbons (Fsp3) is 0.438. The third-order valence-corrected chi connectivity index (χ3v) is 4.60. The number of hydrogen-bond acceptors (Lipinski definition) is 1. The van der Waals surface area contributed by atoms with Gasteiger partial charge in [-0.1, -0.05) is 34.6 Å². The third kappa shape index (κ3) is 19.2. The van der Waals surface area contributed by atoms with Crippen molar-refractivity contribution in [1.82, 2.24) is 0 Å². The Morgan fingerprint density at radius 1 is 0.500 bits per heavy atom. The molecule has 12 heteroatoms. The maximum absolute atomic E-state index is 9.75. The molecule has 28 heavy (non-hydrogen) atoms. The summed E-state index contributed by atoms with van der Waals surface area (Å²) >= 11 is 1.84. The molecule has 0 N–H and O–H groups in total. The van der Waals surface area contributed by atoms with Gasteiger partial charge in [-0.05, 0) is 55.6 Å². The molecule has 0 saturated heterocycles. The molecule has 1 heterocycles. The summed E-state index contributed by atoms with van der Waals surface area (Å²) in [5.74, 6) is 7.34. The van der Waals surface area contributed by atoms with E-state index in [1.54, 1.807) is 0 Å². The third-order valence-electron chi connectivity index (χ3n) is 3.69. The number of hydrogen-bond donors (Lipinski definition) is 0. The van der Waals surface area contributed by atoms with Crippen LogP contribution in [0.3, 0.4) is 0 Å². The first kappa shape index (κ1) is 32.6. The molecule has 1 aliphatic carbocycles. The van der Waals surface area contributed by atoms with E-state index in [1.165, 1.54) is 39.3 Å². The van der Waals surface area contributed by atoms with Gasteiger partial charge in [-0.2, -0.15) is 0 Å². The van der Waals surface area contributed by atoms with Crippen LogP contribution in [0.2, 0.25) is 0 Å². The van der Waals surface area contributed by atoms with Crippen molar-refractivity contribution in [3.63, 3.8) is 0 Å². The topological polar surface area (TPSA) is 0 Å². The van der Waals surface area contributed by atoms with Crippen LogP contribution < -0.4 is 0 Å². The molecule has 1 fully saturated rings. The van der Waals surface area contributed by atoms with Crippen LogP contribution in [0, 0.1) is 43.4 Å². The molecule has 0 unspecified atom stereocenters. The Balaban J connectivity index is -0.000000309. The Labute approximate surface area is 180 Å². The van der Waals surface area contributed by atoms with Crippen molar-refractivity contribution in [3.8, 4) is 0 Å². The van der Waals surface area contributed by atoms with Crippen molar-refractivity contribution in [2.24, 2.45) is 0 Å². The van der Waals surface area contributed by atoms with E-state index in [0.717, 1.165) is 0 Å². The fourth-order valence-corrected chi connectivity index (χ4v) is 2.74. The molecule has 1 aliphatic rings. The quantitative estimate of drug-likeness (QED) is 0.206.